The van der Waals surface area contributed by atoms with Gasteiger partial charge >= 0.3 is 0 Å². The summed E-state index contributed by atoms with van der Waals surface area (Å²) in [6.45, 7) is 0. The fourth-order valence-corrected chi connectivity index (χ4v) is 3.51. The van der Waals surface area contributed by atoms with Crippen molar-refractivity contribution in [1.82, 2.24) is 5.32 Å². The Kier molecular flexibility index (Phi) is 4.86. The van der Waals surface area contributed by atoms with Crippen molar-refractivity contribution in [3.05, 3.63) is 22.4 Å². The van der Waals surface area contributed by atoms with Crippen LogP contribution in [0.3, 0.4) is 0 Å². The first-order valence-electron chi connectivity index (χ1n) is 6.58. The van der Waals surface area contributed by atoms with Crippen LogP contribution >= 0.6 is 11.3 Å². The first-order valence-corrected chi connectivity index (χ1v) is 7.46. The highest BCUT2D eigenvalue weighted by Crippen LogP contribution is 2.27. The van der Waals surface area contributed by atoms with Crippen molar-refractivity contribution in [2.75, 3.05) is 7.05 Å². The van der Waals surface area contributed by atoms with Crippen LogP contribution in [-0.4, -0.2) is 13.1 Å². The van der Waals surface area contributed by atoms with E-state index in [1.807, 2.05) is 11.3 Å². The molecule has 0 aliphatic heterocycles. The number of hydrogen-bond donors (Lipinski definition) is 1. The molecule has 0 aromatic carbocycles. The monoisotopic (exact) mass is 237 g/mol. The van der Waals surface area contributed by atoms with E-state index in [-0.39, 0.29) is 0 Å². The minimum Gasteiger partial charge on any atom is -0.317 e. The molecule has 0 saturated heterocycles. The van der Waals surface area contributed by atoms with E-state index in [0.717, 1.165) is 12.0 Å². The third-order valence-electron chi connectivity index (χ3n) is 3.82. The second-order valence-electron chi connectivity index (χ2n) is 4.99. The number of thiophene rings is 1. The Morgan fingerprint density at radius 1 is 1.38 bits per heavy atom. The van der Waals surface area contributed by atoms with Gasteiger partial charge in [0.05, 0.1) is 0 Å². The van der Waals surface area contributed by atoms with Crippen LogP contribution in [0.25, 0.3) is 0 Å². The normalized spacial score (nSPS) is 26.6. The molecule has 2 atom stereocenters. The third kappa shape index (κ3) is 3.60. The Morgan fingerprint density at radius 3 is 3.00 bits per heavy atom. The molecule has 1 aromatic rings. The maximum absolute atomic E-state index is 3.47. The van der Waals surface area contributed by atoms with Crippen molar-refractivity contribution in [3.63, 3.8) is 0 Å². The average Bonchev–Trinajstić information content (AvgIpc) is 2.71. The molecular weight excluding hydrogens is 214 g/mol. The average molecular weight is 237 g/mol. The summed E-state index contributed by atoms with van der Waals surface area (Å²) in [4.78, 5) is 1.56. The Labute approximate surface area is 103 Å². The quantitative estimate of drug-likeness (QED) is 0.784. The number of rotatable bonds is 4. The fourth-order valence-electron chi connectivity index (χ4n) is 2.79. The first-order chi connectivity index (χ1) is 7.88. The van der Waals surface area contributed by atoms with Crippen molar-refractivity contribution in [2.24, 2.45) is 5.92 Å². The van der Waals surface area contributed by atoms with Crippen LogP contribution in [0.4, 0.5) is 0 Å². The van der Waals surface area contributed by atoms with E-state index in [9.17, 15) is 0 Å². The van der Waals surface area contributed by atoms with Gasteiger partial charge in [0.1, 0.15) is 0 Å². The molecule has 0 amide bonds. The van der Waals surface area contributed by atoms with Gasteiger partial charge in [0.25, 0.3) is 0 Å². The van der Waals surface area contributed by atoms with Crippen molar-refractivity contribution >= 4 is 11.3 Å². The van der Waals surface area contributed by atoms with Crippen molar-refractivity contribution in [3.8, 4) is 0 Å². The standard InChI is InChI=1S/C14H23NS/c1-15-13-6-3-2-5-12(11-13)8-9-14-7-4-10-16-14/h4,7,10,12-13,15H,2-3,5-6,8-9,11H2,1H3. The zero-order valence-corrected chi connectivity index (χ0v) is 11.1. The van der Waals surface area contributed by atoms with E-state index >= 15 is 0 Å². The van der Waals surface area contributed by atoms with E-state index in [1.54, 1.807) is 4.88 Å². The Bertz CT molecular complexity index is 281. The van der Waals surface area contributed by atoms with Gasteiger partial charge in [-0.1, -0.05) is 25.3 Å². The van der Waals surface area contributed by atoms with Gasteiger partial charge in [-0.2, -0.15) is 0 Å². The van der Waals surface area contributed by atoms with Gasteiger partial charge in [-0.3, -0.25) is 0 Å². The molecule has 16 heavy (non-hydrogen) atoms. The van der Waals surface area contributed by atoms with Crippen LogP contribution in [0.5, 0.6) is 0 Å². The predicted molar refractivity (Wildman–Crippen MR) is 72.1 cm³/mol. The highest BCUT2D eigenvalue weighted by molar-refractivity contribution is 7.09. The van der Waals surface area contributed by atoms with Crippen molar-refractivity contribution in [2.45, 2.75) is 51.0 Å². The lowest BCUT2D eigenvalue weighted by atomic mass is 9.93. The molecule has 1 nitrogen and oxygen atoms in total. The Morgan fingerprint density at radius 2 is 2.25 bits per heavy atom. The summed E-state index contributed by atoms with van der Waals surface area (Å²) in [7, 11) is 2.12. The lowest BCUT2D eigenvalue weighted by Gasteiger charge is -2.19. The molecule has 0 radical (unpaired) electrons. The van der Waals surface area contributed by atoms with E-state index in [4.69, 9.17) is 0 Å². The maximum atomic E-state index is 3.47. The molecule has 90 valence electrons. The number of hydrogen-bond acceptors (Lipinski definition) is 2. The highest BCUT2D eigenvalue weighted by atomic mass is 32.1. The molecular formula is C14H23NS. The lowest BCUT2D eigenvalue weighted by molar-refractivity contribution is 0.382. The maximum Gasteiger partial charge on any atom is 0.00667 e. The topological polar surface area (TPSA) is 12.0 Å². The lowest BCUT2D eigenvalue weighted by Crippen LogP contribution is -2.26. The van der Waals surface area contributed by atoms with Crippen molar-refractivity contribution in [1.29, 1.82) is 0 Å². The molecule has 1 aliphatic rings. The van der Waals surface area contributed by atoms with Gasteiger partial charge in [-0.15, -0.1) is 11.3 Å². The van der Waals surface area contributed by atoms with Crippen LogP contribution in [-0.2, 0) is 6.42 Å². The van der Waals surface area contributed by atoms with Gasteiger partial charge in [0.2, 0.25) is 0 Å². The molecule has 1 aromatic heterocycles. The smallest absolute Gasteiger partial charge is 0.00667 e. The summed E-state index contributed by atoms with van der Waals surface area (Å²) < 4.78 is 0. The summed E-state index contributed by atoms with van der Waals surface area (Å²) in [5, 5.41) is 5.66. The summed E-state index contributed by atoms with van der Waals surface area (Å²) in [5.41, 5.74) is 0. The summed E-state index contributed by atoms with van der Waals surface area (Å²) >= 11 is 1.91. The second-order valence-corrected chi connectivity index (χ2v) is 6.02. The van der Waals surface area contributed by atoms with Crippen LogP contribution in [0.1, 0.15) is 43.4 Å². The minimum absolute atomic E-state index is 0.774. The van der Waals surface area contributed by atoms with E-state index < -0.39 is 0 Å². The van der Waals surface area contributed by atoms with Crippen LogP contribution in [0, 0.1) is 5.92 Å². The first kappa shape index (κ1) is 12.1. The molecule has 1 N–H and O–H groups in total. The summed E-state index contributed by atoms with van der Waals surface area (Å²) in [6.07, 6.45) is 9.75. The SMILES string of the molecule is CNC1CCCCC(CCc2cccs2)C1. The fraction of sp³-hybridized carbons (Fsp3) is 0.714. The van der Waals surface area contributed by atoms with E-state index in [0.29, 0.717) is 0 Å². The highest BCUT2D eigenvalue weighted by Gasteiger charge is 2.18. The molecule has 0 spiro atoms. The molecule has 1 fully saturated rings. The van der Waals surface area contributed by atoms with Gasteiger partial charge in [0.15, 0.2) is 0 Å². The van der Waals surface area contributed by atoms with Gasteiger partial charge in [-0.25, -0.2) is 0 Å². The van der Waals surface area contributed by atoms with Crippen molar-refractivity contribution < 1.29 is 0 Å². The predicted octanol–water partition coefficient (Wildman–Crippen LogP) is 3.85. The number of aryl methyl sites for hydroxylation is 1. The van der Waals surface area contributed by atoms with E-state index in [2.05, 4.69) is 29.9 Å². The Hall–Kier alpha value is -0.340. The van der Waals surface area contributed by atoms with Gasteiger partial charge in [-0.05, 0) is 50.1 Å². The summed E-state index contributed by atoms with van der Waals surface area (Å²) in [5.74, 6) is 0.946. The summed E-state index contributed by atoms with van der Waals surface area (Å²) in [6, 6.07) is 5.22. The van der Waals surface area contributed by atoms with E-state index in [1.165, 1.54) is 44.9 Å². The minimum atomic E-state index is 0.774. The molecule has 0 bridgehead atoms. The molecule has 2 unspecified atom stereocenters. The molecule has 2 heteroatoms. The zero-order chi connectivity index (χ0) is 11.2. The van der Waals surface area contributed by atoms with Crippen LogP contribution in [0.2, 0.25) is 0 Å². The molecule has 1 aliphatic carbocycles. The number of nitrogens with one attached hydrogen (secondary N) is 1. The van der Waals surface area contributed by atoms with Gasteiger partial charge < -0.3 is 5.32 Å². The molecule has 1 heterocycles. The Balaban J connectivity index is 1.79. The molecule has 1 saturated carbocycles. The second kappa shape index (κ2) is 6.41. The van der Waals surface area contributed by atoms with Crippen LogP contribution in [0.15, 0.2) is 17.5 Å². The molecule has 2 rings (SSSR count). The van der Waals surface area contributed by atoms with Gasteiger partial charge in [0, 0.05) is 10.9 Å². The zero-order valence-electron chi connectivity index (χ0n) is 10.2. The third-order valence-corrected chi connectivity index (χ3v) is 4.76. The van der Waals surface area contributed by atoms with Crippen LogP contribution < -0.4 is 5.32 Å². The largest absolute Gasteiger partial charge is 0.317 e.